The van der Waals surface area contributed by atoms with Crippen LogP contribution in [0.15, 0.2) is 24.4 Å². The van der Waals surface area contributed by atoms with Crippen molar-refractivity contribution in [1.29, 1.82) is 0 Å². The second kappa shape index (κ2) is 7.81. The molecule has 1 aliphatic heterocycles. The molecule has 8 heteroatoms. The van der Waals surface area contributed by atoms with Gasteiger partial charge < -0.3 is 9.80 Å². The third kappa shape index (κ3) is 4.37. The van der Waals surface area contributed by atoms with Gasteiger partial charge in [-0.2, -0.15) is 0 Å². The van der Waals surface area contributed by atoms with E-state index in [9.17, 15) is 4.79 Å². The molecule has 2 aromatic rings. The van der Waals surface area contributed by atoms with E-state index < -0.39 is 0 Å². The molecule has 0 unspecified atom stereocenters. The minimum Gasteiger partial charge on any atom is -0.371 e. The fraction of sp³-hybridized carbons (Fsp3) is 0.412. The molecule has 0 spiro atoms. The standard InChI is InChI=1S/C17H20Cl2N4OS/c1-11-9-13(3-4-14(11)18)22(2)12-5-7-23(8-6-12)17(24)21-16-20-10-15(19)25-16/h3-4,9-10,12H,5-8H2,1-2H3,(H,20,21,24). The fourth-order valence-electron chi connectivity index (χ4n) is 3.00. The number of thiazole rings is 1. The number of benzene rings is 1. The lowest BCUT2D eigenvalue weighted by Crippen LogP contribution is -2.47. The number of nitrogens with zero attached hydrogens (tertiary/aromatic N) is 3. The van der Waals surface area contributed by atoms with Gasteiger partial charge in [-0.15, -0.1) is 0 Å². The van der Waals surface area contributed by atoms with Crippen LogP contribution in [0.2, 0.25) is 9.36 Å². The van der Waals surface area contributed by atoms with Gasteiger partial charge in [0, 0.05) is 36.9 Å². The molecule has 25 heavy (non-hydrogen) atoms. The number of nitrogens with one attached hydrogen (secondary N) is 1. The number of anilines is 2. The number of carbonyl (C=O) groups excluding carboxylic acids is 1. The van der Waals surface area contributed by atoms with E-state index in [0.29, 0.717) is 28.6 Å². The maximum Gasteiger partial charge on any atom is 0.323 e. The summed E-state index contributed by atoms with van der Waals surface area (Å²) in [4.78, 5) is 20.5. The summed E-state index contributed by atoms with van der Waals surface area (Å²) in [6, 6.07) is 6.37. The molecule has 1 saturated heterocycles. The molecule has 1 aromatic heterocycles. The Kier molecular flexibility index (Phi) is 5.71. The average molecular weight is 399 g/mol. The van der Waals surface area contributed by atoms with Crippen LogP contribution in [0.4, 0.5) is 15.6 Å². The van der Waals surface area contributed by atoms with Crippen LogP contribution >= 0.6 is 34.5 Å². The Balaban J connectivity index is 1.55. The summed E-state index contributed by atoms with van der Waals surface area (Å²) < 4.78 is 0.564. The molecule has 1 aliphatic rings. The van der Waals surface area contributed by atoms with Crippen LogP contribution in [0, 0.1) is 6.92 Å². The summed E-state index contributed by atoms with van der Waals surface area (Å²) in [6.07, 6.45) is 3.38. The number of hydrogen-bond acceptors (Lipinski definition) is 4. The molecule has 0 atom stereocenters. The molecule has 134 valence electrons. The molecule has 0 radical (unpaired) electrons. The summed E-state index contributed by atoms with van der Waals surface area (Å²) in [6.45, 7) is 3.44. The number of rotatable bonds is 3. The molecular formula is C17H20Cl2N4OS. The van der Waals surface area contributed by atoms with Crippen molar-refractivity contribution in [3.63, 3.8) is 0 Å². The molecule has 1 N–H and O–H groups in total. The monoisotopic (exact) mass is 398 g/mol. The summed E-state index contributed by atoms with van der Waals surface area (Å²) in [5, 5.41) is 4.12. The summed E-state index contributed by atoms with van der Waals surface area (Å²) in [5.41, 5.74) is 2.23. The van der Waals surface area contributed by atoms with Gasteiger partial charge in [0.1, 0.15) is 4.34 Å². The zero-order valence-corrected chi connectivity index (χ0v) is 16.5. The van der Waals surface area contributed by atoms with Gasteiger partial charge in [-0.05, 0) is 43.5 Å². The van der Waals surface area contributed by atoms with Crippen molar-refractivity contribution in [3.8, 4) is 0 Å². The molecule has 2 heterocycles. The Morgan fingerprint density at radius 2 is 2.08 bits per heavy atom. The van der Waals surface area contributed by atoms with Crippen molar-refractivity contribution in [2.24, 2.45) is 0 Å². The largest absolute Gasteiger partial charge is 0.371 e. The van der Waals surface area contributed by atoms with E-state index in [1.165, 1.54) is 17.5 Å². The second-order valence-electron chi connectivity index (χ2n) is 6.16. The van der Waals surface area contributed by atoms with Crippen molar-refractivity contribution in [2.75, 3.05) is 30.4 Å². The minimum atomic E-state index is -0.116. The van der Waals surface area contributed by atoms with Gasteiger partial charge in [-0.1, -0.05) is 34.5 Å². The highest BCUT2D eigenvalue weighted by molar-refractivity contribution is 7.19. The lowest BCUT2D eigenvalue weighted by molar-refractivity contribution is 0.194. The number of aromatic nitrogens is 1. The molecule has 5 nitrogen and oxygen atoms in total. The van der Waals surface area contributed by atoms with Crippen LogP contribution in [-0.4, -0.2) is 42.1 Å². The van der Waals surface area contributed by atoms with Gasteiger partial charge in [-0.3, -0.25) is 5.32 Å². The first kappa shape index (κ1) is 18.3. The van der Waals surface area contributed by atoms with Crippen LogP contribution in [0.1, 0.15) is 18.4 Å². The fourth-order valence-corrected chi connectivity index (χ4v) is 3.92. The van der Waals surface area contributed by atoms with Gasteiger partial charge in [0.25, 0.3) is 0 Å². The van der Waals surface area contributed by atoms with E-state index in [1.54, 1.807) is 0 Å². The zero-order valence-electron chi connectivity index (χ0n) is 14.1. The van der Waals surface area contributed by atoms with Crippen molar-refractivity contribution in [3.05, 3.63) is 39.3 Å². The summed E-state index contributed by atoms with van der Waals surface area (Å²) in [7, 11) is 2.10. The third-order valence-corrected chi connectivity index (χ3v) is 5.99. The van der Waals surface area contributed by atoms with Gasteiger partial charge in [0.05, 0.1) is 6.20 Å². The molecule has 1 aromatic carbocycles. The molecule has 3 rings (SSSR count). The lowest BCUT2D eigenvalue weighted by atomic mass is 10.0. The van der Waals surface area contributed by atoms with Crippen molar-refractivity contribution in [1.82, 2.24) is 9.88 Å². The molecule has 2 amide bonds. The van der Waals surface area contributed by atoms with Crippen LogP contribution < -0.4 is 10.2 Å². The number of carbonyl (C=O) groups is 1. The molecular weight excluding hydrogens is 379 g/mol. The Morgan fingerprint density at radius 1 is 1.36 bits per heavy atom. The first-order chi connectivity index (χ1) is 11.9. The number of amides is 2. The zero-order chi connectivity index (χ0) is 18.0. The highest BCUT2D eigenvalue weighted by Crippen LogP contribution is 2.27. The number of urea groups is 1. The Bertz CT molecular complexity index is 759. The van der Waals surface area contributed by atoms with E-state index in [2.05, 4.69) is 28.3 Å². The Hall–Kier alpha value is -1.50. The van der Waals surface area contributed by atoms with E-state index in [-0.39, 0.29) is 6.03 Å². The van der Waals surface area contributed by atoms with Crippen molar-refractivity contribution >= 4 is 51.4 Å². The highest BCUT2D eigenvalue weighted by Gasteiger charge is 2.26. The Labute approximate surface area is 161 Å². The first-order valence-electron chi connectivity index (χ1n) is 8.10. The van der Waals surface area contributed by atoms with Crippen LogP contribution in [0.5, 0.6) is 0 Å². The van der Waals surface area contributed by atoms with Gasteiger partial charge in [0.2, 0.25) is 0 Å². The predicted octanol–water partition coefficient (Wildman–Crippen LogP) is 4.89. The molecule has 1 fully saturated rings. The topological polar surface area (TPSA) is 48.5 Å². The van der Waals surface area contributed by atoms with Gasteiger partial charge >= 0.3 is 6.03 Å². The molecule has 0 aliphatic carbocycles. The number of halogens is 2. The van der Waals surface area contributed by atoms with Crippen molar-refractivity contribution < 1.29 is 4.79 Å². The average Bonchev–Trinajstić information content (AvgIpc) is 3.01. The van der Waals surface area contributed by atoms with Gasteiger partial charge in [0.15, 0.2) is 5.13 Å². The predicted molar refractivity (Wildman–Crippen MR) is 105 cm³/mol. The number of likely N-dealkylation sites (tertiary alicyclic amines) is 1. The van der Waals surface area contributed by atoms with E-state index >= 15 is 0 Å². The summed E-state index contributed by atoms with van der Waals surface area (Å²) in [5.74, 6) is 0. The van der Waals surface area contributed by atoms with Gasteiger partial charge in [-0.25, -0.2) is 9.78 Å². The van der Waals surface area contributed by atoms with Crippen molar-refractivity contribution in [2.45, 2.75) is 25.8 Å². The number of hydrogen-bond donors (Lipinski definition) is 1. The van der Waals surface area contributed by atoms with E-state index in [4.69, 9.17) is 23.2 Å². The SMILES string of the molecule is Cc1cc(N(C)C2CCN(C(=O)Nc3ncc(Cl)s3)CC2)ccc1Cl. The highest BCUT2D eigenvalue weighted by atomic mass is 35.5. The van der Waals surface area contributed by atoms with E-state index in [0.717, 1.165) is 29.1 Å². The quantitative estimate of drug-likeness (QED) is 0.800. The van der Waals surface area contributed by atoms with E-state index in [1.807, 2.05) is 24.0 Å². The van der Waals surface area contributed by atoms with Crippen LogP contribution in [0.25, 0.3) is 0 Å². The third-order valence-electron chi connectivity index (χ3n) is 4.54. The lowest BCUT2D eigenvalue weighted by Gasteiger charge is -2.37. The maximum atomic E-state index is 12.3. The number of piperidine rings is 1. The summed E-state index contributed by atoms with van der Waals surface area (Å²) >= 11 is 13.2. The molecule has 0 saturated carbocycles. The smallest absolute Gasteiger partial charge is 0.323 e. The second-order valence-corrected chi connectivity index (χ2v) is 8.23. The Morgan fingerprint density at radius 3 is 2.68 bits per heavy atom. The maximum absolute atomic E-state index is 12.3. The van der Waals surface area contributed by atoms with Crippen LogP contribution in [0.3, 0.4) is 0 Å². The normalized spacial score (nSPS) is 15.3. The molecule has 0 bridgehead atoms. The van der Waals surface area contributed by atoms with Crippen LogP contribution in [-0.2, 0) is 0 Å². The first-order valence-corrected chi connectivity index (χ1v) is 9.67. The number of aryl methyl sites for hydroxylation is 1. The minimum absolute atomic E-state index is 0.116.